The number of rotatable bonds is 6. The fraction of sp³-hybridized carbons (Fsp3) is 0.136. The van der Waals surface area contributed by atoms with Crippen molar-refractivity contribution in [2.75, 3.05) is 20.0 Å². The second-order valence-electron chi connectivity index (χ2n) is 6.58. The van der Waals surface area contributed by atoms with Crippen LogP contribution >= 0.6 is 23.2 Å². The third-order valence-electron chi connectivity index (χ3n) is 4.65. The van der Waals surface area contributed by atoms with Crippen molar-refractivity contribution in [3.8, 4) is 22.8 Å². The fourth-order valence-corrected chi connectivity index (χ4v) is 3.83. The molecule has 0 saturated heterocycles. The van der Waals surface area contributed by atoms with Gasteiger partial charge in [0.1, 0.15) is 11.5 Å². The van der Waals surface area contributed by atoms with Crippen LogP contribution in [0.3, 0.4) is 0 Å². The lowest BCUT2D eigenvalue weighted by molar-refractivity contribution is 0.395. The number of benzene rings is 2. The van der Waals surface area contributed by atoms with Crippen molar-refractivity contribution in [2.45, 2.75) is 6.54 Å². The molecule has 0 spiro atoms. The van der Waals surface area contributed by atoms with E-state index in [1.54, 1.807) is 18.3 Å². The van der Waals surface area contributed by atoms with Crippen LogP contribution in [0.1, 0.15) is 5.56 Å². The molecule has 0 fully saturated rings. The van der Waals surface area contributed by atoms with E-state index in [0.29, 0.717) is 56.1 Å². The van der Waals surface area contributed by atoms with E-state index >= 15 is 0 Å². The molecule has 2 aromatic carbocycles. The maximum Gasteiger partial charge on any atom is 0.220 e. The lowest BCUT2D eigenvalue weighted by atomic mass is 10.1. The SMILES string of the molecule is COc1cc(OC)c(Cl)c(-c2cc3cnc(N)nc3c([N-]Cc3ccccc3)n2)c1Cl. The number of halogens is 2. The summed E-state index contributed by atoms with van der Waals surface area (Å²) in [5.74, 6) is 1.36. The molecule has 0 aliphatic heterocycles. The molecular formula is C22H18Cl2N5O2-. The summed E-state index contributed by atoms with van der Waals surface area (Å²) in [6, 6.07) is 13.2. The van der Waals surface area contributed by atoms with Crippen LogP contribution in [-0.2, 0) is 6.54 Å². The molecule has 158 valence electrons. The lowest BCUT2D eigenvalue weighted by Gasteiger charge is -2.22. The van der Waals surface area contributed by atoms with Gasteiger partial charge in [-0.1, -0.05) is 53.5 Å². The monoisotopic (exact) mass is 454 g/mol. The summed E-state index contributed by atoms with van der Waals surface area (Å²) in [5, 5.41) is 5.99. The van der Waals surface area contributed by atoms with Gasteiger partial charge in [0.05, 0.1) is 29.8 Å². The quantitative estimate of drug-likeness (QED) is 0.395. The normalized spacial score (nSPS) is 10.8. The third kappa shape index (κ3) is 4.15. The van der Waals surface area contributed by atoms with Crippen LogP contribution in [0.15, 0.2) is 48.7 Å². The van der Waals surface area contributed by atoms with Crippen molar-refractivity contribution in [1.82, 2.24) is 15.0 Å². The smallest absolute Gasteiger partial charge is 0.220 e. The van der Waals surface area contributed by atoms with E-state index in [-0.39, 0.29) is 5.95 Å². The van der Waals surface area contributed by atoms with Crippen LogP contribution in [0.5, 0.6) is 11.5 Å². The highest BCUT2D eigenvalue weighted by Gasteiger charge is 2.18. The maximum atomic E-state index is 6.59. The van der Waals surface area contributed by atoms with E-state index in [4.69, 9.17) is 43.4 Å². The molecule has 31 heavy (non-hydrogen) atoms. The Labute approximate surface area is 189 Å². The van der Waals surface area contributed by atoms with Crippen LogP contribution in [0.2, 0.25) is 10.0 Å². The number of fused-ring (bicyclic) bond motifs is 1. The summed E-state index contributed by atoms with van der Waals surface area (Å²) in [5.41, 5.74) is 8.33. The van der Waals surface area contributed by atoms with Gasteiger partial charge in [0.25, 0.3) is 0 Å². The van der Waals surface area contributed by atoms with E-state index in [2.05, 4.69) is 15.3 Å². The molecule has 0 saturated carbocycles. The fourth-order valence-electron chi connectivity index (χ4n) is 3.13. The number of anilines is 1. The first-order valence-electron chi connectivity index (χ1n) is 9.27. The summed E-state index contributed by atoms with van der Waals surface area (Å²) >= 11 is 13.2. The molecule has 2 N–H and O–H groups in total. The summed E-state index contributed by atoms with van der Waals surface area (Å²) < 4.78 is 10.8. The van der Waals surface area contributed by atoms with Gasteiger partial charge < -0.3 is 25.5 Å². The van der Waals surface area contributed by atoms with Crippen molar-refractivity contribution < 1.29 is 9.47 Å². The third-order valence-corrected chi connectivity index (χ3v) is 5.40. The molecule has 0 aliphatic rings. The molecule has 2 aromatic heterocycles. The number of aromatic nitrogens is 3. The Balaban J connectivity index is 1.89. The number of nitrogens with two attached hydrogens (primary N) is 1. The Kier molecular flexibility index (Phi) is 5.97. The van der Waals surface area contributed by atoms with Crippen molar-refractivity contribution in [3.05, 3.63) is 69.6 Å². The maximum absolute atomic E-state index is 6.59. The molecule has 0 atom stereocenters. The zero-order valence-corrected chi connectivity index (χ0v) is 18.3. The molecule has 0 bridgehead atoms. The first-order chi connectivity index (χ1) is 15.0. The standard InChI is InChI=1S/C22H18Cl2N5O2/c1-30-15-9-16(31-2)19(24)17(18(15)23)14-8-13-11-27-22(25)29-20(13)21(28-14)26-10-12-6-4-3-5-7-12/h3-9,11H,10H2,1-2H3,(H2-,25,26,27,28,29)/q-1. The van der Waals surface area contributed by atoms with Crippen LogP contribution in [0, 0.1) is 0 Å². The average Bonchev–Trinajstić information content (AvgIpc) is 2.78. The van der Waals surface area contributed by atoms with Gasteiger partial charge in [0.15, 0.2) is 0 Å². The van der Waals surface area contributed by atoms with Crippen LogP contribution in [-0.4, -0.2) is 29.2 Å². The minimum Gasteiger partial charge on any atom is -0.495 e. The summed E-state index contributed by atoms with van der Waals surface area (Å²) in [6.45, 7) is 0.416. The van der Waals surface area contributed by atoms with Crippen molar-refractivity contribution >= 4 is 45.9 Å². The van der Waals surface area contributed by atoms with Gasteiger partial charge in [-0.3, -0.25) is 0 Å². The number of nitrogens with zero attached hydrogens (tertiary/aromatic N) is 4. The number of methoxy groups -OCH3 is 2. The molecule has 0 radical (unpaired) electrons. The highest BCUT2D eigenvalue weighted by molar-refractivity contribution is 6.41. The lowest BCUT2D eigenvalue weighted by Crippen LogP contribution is -1.98. The molecule has 9 heteroatoms. The zero-order valence-electron chi connectivity index (χ0n) is 16.8. The van der Waals surface area contributed by atoms with E-state index in [1.807, 2.05) is 30.3 Å². The minimum atomic E-state index is 0.136. The molecule has 0 amide bonds. The number of nitrogen functional groups attached to an aromatic ring is 1. The first-order valence-corrected chi connectivity index (χ1v) is 10.0. The van der Waals surface area contributed by atoms with Gasteiger partial charge in [-0.15, -0.1) is 0 Å². The van der Waals surface area contributed by atoms with Gasteiger partial charge >= 0.3 is 0 Å². The summed E-state index contributed by atoms with van der Waals surface area (Å²) in [6.07, 6.45) is 1.61. The van der Waals surface area contributed by atoms with Gasteiger partial charge in [-0.05, 0) is 29.7 Å². The van der Waals surface area contributed by atoms with Crippen LogP contribution in [0.25, 0.3) is 27.5 Å². The largest absolute Gasteiger partial charge is 0.495 e. The Morgan fingerprint density at radius 3 is 2.29 bits per heavy atom. The highest BCUT2D eigenvalue weighted by atomic mass is 35.5. The molecular weight excluding hydrogens is 437 g/mol. The van der Waals surface area contributed by atoms with E-state index in [1.165, 1.54) is 14.2 Å². The molecule has 7 nitrogen and oxygen atoms in total. The summed E-state index contributed by atoms with van der Waals surface area (Å²) in [7, 11) is 3.03. The van der Waals surface area contributed by atoms with Crippen LogP contribution < -0.4 is 15.2 Å². The van der Waals surface area contributed by atoms with Gasteiger partial charge in [0.2, 0.25) is 5.95 Å². The van der Waals surface area contributed by atoms with Crippen molar-refractivity contribution in [3.63, 3.8) is 0 Å². The Morgan fingerprint density at radius 1 is 0.968 bits per heavy atom. The Bertz CT molecular complexity index is 1220. The van der Waals surface area contributed by atoms with Gasteiger partial charge in [0, 0.05) is 23.2 Å². The summed E-state index contributed by atoms with van der Waals surface area (Å²) in [4.78, 5) is 13.1. The Morgan fingerprint density at radius 2 is 1.65 bits per heavy atom. The molecule has 2 heterocycles. The van der Waals surface area contributed by atoms with Gasteiger partial charge in [-0.25, -0.2) is 9.97 Å². The second kappa shape index (κ2) is 8.83. The number of pyridine rings is 1. The zero-order chi connectivity index (χ0) is 22.0. The van der Waals surface area contributed by atoms with E-state index in [0.717, 1.165) is 5.56 Å². The highest BCUT2D eigenvalue weighted by Crippen LogP contribution is 2.46. The van der Waals surface area contributed by atoms with E-state index in [9.17, 15) is 0 Å². The molecule has 0 aliphatic carbocycles. The minimum absolute atomic E-state index is 0.136. The topological polar surface area (TPSA) is 97.3 Å². The predicted octanol–water partition coefficient (Wildman–Crippen LogP) is 5.80. The number of ether oxygens (including phenoxy) is 2. The molecule has 0 unspecified atom stereocenters. The first kappa shape index (κ1) is 21.0. The van der Waals surface area contributed by atoms with E-state index < -0.39 is 0 Å². The molecule has 4 aromatic rings. The second-order valence-corrected chi connectivity index (χ2v) is 7.34. The predicted molar refractivity (Wildman–Crippen MR) is 123 cm³/mol. The van der Waals surface area contributed by atoms with Crippen LogP contribution in [0.4, 0.5) is 11.8 Å². The Hall–Kier alpha value is -3.29. The van der Waals surface area contributed by atoms with Crippen molar-refractivity contribution in [1.29, 1.82) is 0 Å². The molecule has 4 rings (SSSR count). The number of hydrogen-bond acceptors (Lipinski definition) is 6. The number of hydrogen-bond donors (Lipinski definition) is 1. The average molecular weight is 455 g/mol. The van der Waals surface area contributed by atoms with Gasteiger partial charge in [-0.2, -0.15) is 0 Å². The van der Waals surface area contributed by atoms with Crippen molar-refractivity contribution in [2.24, 2.45) is 0 Å².